The van der Waals surface area contributed by atoms with Gasteiger partial charge in [-0.3, -0.25) is 9.69 Å². The number of carbonyl (C=O) groups is 1. The number of nitrogens with zero attached hydrogens (tertiary/aromatic N) is 2. The van der Waals surface area contributed by atoms with Gasteiger partial charge in [0.2, 0.25) is 0 Å². The largest absolute Gasteiger partial charge is 0.493 e. The Morgan fingerprint density at radius 1 is 1.00 bits per heavy atom. The minimum atomic E-state index is -4.40. The van der Waals surface area contributed by atoms with Crippen molar-refractivity contribution in [3.63, 3.8) is 0 Å². The molecule has 2 aliphatic rings. The van der Waals surface area contributed by atoms with Crippen molar-refractivity contribution in [1.82, 2.24) is 15.1 Å². The van der Waals surface area contributed by atoms with E-state index in [1.54, 1.807) is 4.90 Å². The van der Waals surface area contributed by atoms with E-state index in [1.807, 2.05) is 0 Å². The number of alkyl halides is 3. The number of halogens is 3. The van der Waals surface area contributed by atoms with Crippen molar-refractivity contribution in [3.05, 3.63) is 64.2 Å². The summed E-state index contributed by atoms with van der Waals surface area (Å²) in [6.45, 7) is 9.52. The summed E-state index contributed by atoms with van der Waals surface area (Å²) in [7, 11) is 0. The number of rotatable bonds is 10. The molecule has 196 valence electrons. The minimum absolute atomic E-state index is 0.214. The van der Waals surface area contributed by atoms with E-state index in [0.717, 1.165) is 69.6 Å². The molecule has 1 N–H and O–H groups in total. The van der Waals surface area contributed by atoms with Gasteiger partial charge < -0.3 is 15.0 Å². The molecule has 1 saturated carbocycles. The van der Waals surface area contributed by atoms with Crippen LogP contribution in [0.25, 0.3) is 0 Å². The molecular formula is C28H36F3N3O2. The average Bonchev–Trinajstić information content (AvgIpc) is 3.70. The van der Waals surface area contributed by atoms with Crippen LogP contribution in [0.2, 0.25) is 0 Å². The van der Waals surface area contributed by atoms with Crippen molar-refractivity contribution >= 4 is 5.91 Å². The summed E-state index contributed by atoms with van der Waals surface area (Å²) in [6.07, 6.45) is 0.133. The Bertz CT molecular complexity index is 1030. The lowest BCUT2D eigenvalue weighted by atomic mass is 9.99. The first-order valence-corrected chi connectivity index (χ1v) is 12.9. The second-order valence-corrected chi connectivity index (χ2v) is 9.86. The zero-order valence-electron chi connectivity index (χ0n) is 21.2. The van der Waals surface area contributed by atoms with Crippen LogP contribution in [0, 0.1) is 13.8 Å². The Kier molecular flexibility index (Phi) is 8.57. The molecule has 0 aromatic heterocycles. The normalized spacial score (nSPS) is 16.9. The quantitative estimate of drug-likeness (QED) is 0.471. The first-order valence-electron chi connectivity index (χ1n) is 12.9. The van der Waals surface area contributed by atoms with Gasteiger partial charge in [0, 0.05) is 44.3 Å². The van der Waals surface area contributed by atoms with Crippen LogP contribution in [0.15, 0.2) is 36.4 Å². The molecule has 36 heavy (non-hydrogen) atoms. The second kappa shape index (κ2) is 11.6. The lowest BCUT2D eigenvalue weighted by Crippen LogP contribution is -2.49. The van der Waals surface area contributed by atoms with Gasteiger partial charge in [-0.1, -0.05) is 6.07 Å². The number of carbonyl (C=O) groups excluding carboxylic acids is 1. The molecule has 1 saturated heterocycles. The first-order chi connectivity index (χ1) is 17.2. The Morgan fingerprint density at radius 3 is 2.33 bits per heavy atom. The standard InChI is InChI=1S/C28H36F3N3O2/c1-20-21(2)26(36-19-3-13-32-25-9-10-25)11-6-22(20)12-14-33-15-17-34(18-16-33)27(35)23-4-7-24(8-5-23)28(29,30)31/h4-8,11,25,32H,3,9-10,12-19H2,1-2H3. The number of hydrogen-bond acceptors (Lipinski definition) is 4. The van der Waals surface area contributed by atoms with E-state index in [-0.39, 0.29) is 5.91 Å². The van der Waals surface area contributed by atoms with Gasteiger partial charge in [-0.05, 0) is 93.1 Å². The van der Waals surface area contributed by atoms with E-state index < -0.39 is 11.7 Å². The number of hydrogen-bond donors (Lipinski definition) is 1. The highest BCUT2D eigenvalue weighted by Gasteiger charge is 2.30. The summed E-state index contributed by atoms with van der Waals surface area (Å²) in [6, 6.07) is 9.43. The maximum atomic E-state index is 12.8. The fourth-order valence-corrected chi connectivity index (χ4v) is 4.56. The van der Waals surface area contributed by atoms with Crippen molar-refractivity contribution in [2.75, 3.05) is 45.9 Å². The van der Waals surface area contributed by atoms with E-state index in [4.69, 9.17) is 4.74 Å². The van der Waals surface area contributed by atoms with E-state index in [9.17, 15) is 18.0 Å². The number of benzene rings is 2. The predicted molar refractivity (Wildman–Crippen MR) is 135 cm³/mol. The van der Waals surface area contributed by atoms with Crippen LogP contribution in [-0.4, -0.2) is 67.6 Å². The molecule has 0 spiro atoms. The molecule has 2 aromatic rings. The van der Waals surface area contributed by atoms with Crippen LogP contribution in [0.4, 0.5) is 13.2 Å². The summed E-state index contributed by atoms with van der Waals surface area (Å²) in [5.74, 6) is 0.742. The molecule has 2 fully saturated rings. The summed E-state index contributed by atoms with van der Waals surface area (Å²) in [4.78, 5) is 16.8. The van der Waals surface area contributed by atoms with Crippen molar-refractivity contribution in [2.45, 2.75) is 51.7 Å². The van der Waals surface area contributed by atoms with Crippen LogP contribution in [0.5, 0.6) is 5.75 Å². The lowest BCUT2D eigenvalue weighted by Gasteiger charge is -2.35. The number of piperazine rings is 1. The molecular weight excluding hydrogens is 467 g/mol. The predicted octanol–water partition coefficient (Wildman–Crippen LogP) is 4.84. The van der Waals surface area contributed by atoms with Crippen molar-refractivity contribution in [1.29, 1.82) is 0 Å². The smallest absolute Gasteiger partial charge is 0.416 e. The zero-order valence-corrected chi connectivity index (χ0v) is 21.2. The first kappa shape index (κ1) is 26.5. The average molecular weight is 504 g/mol. The maximum absolute atomic E-state index is 12.8. The zero-order chi connectivity index (χ0) is 25.7. The maximum Gasteiger partial charge on any atom is 0.416 e. The van der Waals surface area contributed by atoms with Crippen molar-refractivity contribution < 1.29 is 22.7 Å². The number of nitrogens with one attached hydrogen (secondary N) is 1. The third-order valence-corrected chi connectivity index (χ3v) is 7.25. The second-order valence-electron chi connectivity index (χ2n) is 9.86. The van der Waals surface area contributed by atoms with Crippen LogP contribution in [0.3, 0.4) is 0 Å². The Balaban J connectivity index is 1.21. The van der Waals surface area contributed by atoms with Crippen LogP contribution >= 0.6 is 0 Å². The van der Waals surface area contributed by atoms with E-state index in [1.165, 1.54) is 41.7 Å². The third kappa shape index (κ3) is 7.01. The number of ether oxygens (including phenoxy) is 1. The monoisotopic (exact) mass is 503 g/mol. The molecule has 0 atom stereocenters. The van der Waals surface area contributed by atoms with Crippen LogP contribution < -0.4 is 10.1 Å². The molecule has 5 nitrogen and oxygen atoms in total. The highest BCUT2D eigenvalue weighted by atomic mass is 19.4. The van der Waals surface area contributed by atoms with Crippen LogP contribution in [0.1, 0.15) is 51.9 Å². The van der Waals surface area contributed by atoms with Gasteiger partial charge in [0.15, 0.2) is 0 Å². The van der Waals surface area contributed by atoms with Gasteiger partial charge in [0.25, 0.3) is 5.91 Å². The van der Waals surface area contributed by atoms with Gasteiger partial charge >= 0.3 is 6.18 Å². The van der Waals surface area contributed by atoms with Crippen LogP contribution in [-0.2, 0) is 12.6 Å². The van der Waals surface area contributed by atoms with E-state index in [0.29, 0.717) is 18.7 Å². The van der Waals surface area contributed by atoms with Crippen molar-refractivity contribution in [3.8, 4) is 5.75 Å². The number of amides is 1. The lowest BCUT2D eigenvalue weighted by molar-refractivity contribution is -0.137. The van der Waals surface area contributed by atoms with Gasteiger partial charge in [-0.2, -0.15) is 13.2 Å². The fraction of sp³-hybridized carbons (Fsp3) is 0.536. The Hall–Kier alpha value is -2.58. The third-order valence-electron chi connectivity index (χ3n) is 7.25. The summed E-state index contributed by atoms with van der Waals surface area (Å²) >= 11 is 0. The summed E-state index contributed by atoms with van der Waals surface area (Å²) in [5.41, 5.74) is 3.31. The molecule has 4 rings (SSSR count). The molecule has 0 unspecified atom stereocenters. The van der Waals surface area contributed by atoms with Gasteiger partial charge in [-0.15, -0.1) is 0 Å². The molecule has 1 aliphatic heterocycles. The van der Waals surface area contributed by atoms with Gasteiger partial charge in [0.05, 0.1) is 12.2 Å². The van der Waals surface area contributed by atoms with Crippen molar-refractivity contribution in [2.24, 2.45) is 0 Å². The topological polar surface area (TPSA) is 44.8 Å². The Labute approximate surface area is 211 Å². The molecule has 0 bridgehead atoms. The Morgan fingerprint density at radius 2 is 1.69 bits per heavy atom. The summed E-state index contributed by atoms with van der Waals surface area (Å²) in [5, 5.41) is 3.51. The molecule has 1 aliphatic carbocycles. The molecule has 1 amide bonds. The highest BCUT2D eigenvalue weighted by molar-refractivity contribution is 5.94. The highest BCUT2D eigenvalue weighted by Crippen LogP contribution is 2.29. The molecule has 8 heteroatoms. The minimum Gasteiger partial charge on any atom is -0.493 e. The van der Waals surface area contributed by atoms with E-state index >= 15 is 0 Å². The fourth-order valence-electron chi connectivity index (χ4n) is 4.56. The molecule has 2 aromatic carbocycles. The SMILES string of the molecule is Cc1c(CCN2CCN(C(=O)c3ccc(C(F)(F)F)cc3)CC2)ccc(OCCCNC2CC2)c1C. The van der Waals surface area contributed by atoms with Gasteiger partial charge in [0.1, 0.15) is 5.75 Å². The van der Waals surface area contributed by atoms with E-state index in [2.05, 4.69) is 36.2 Å². The molecule has 1 heterocycles. The van der Waals surface area contributed by atoms with Gasteiger partial charge in [-0.25, -0.2) is 0 Å². The summed E-state index contributed by atoms with van der Waals surface area (Å²) < 4.78 is 44.3. The molecule has 0 radical (unpaired) electrons.